The molecule has 0 spiro atoms. The first-order valence-corrected chi connectivity index (χ1v) is 8.08. The fraction of sp³-hybridized carbons (Fsp3) is 0.0526. The smallest absolute Gasteiger partial charge is 0.283 e. The molecule has 2 heterocycles. The second-order valence-corrected chi connectivity index (χ2v) is 5.64. The SMILES string of the molecule is O=C1COc2ccc3ncnc(c3c2)/N=c2\cccc\c2=C\NC(=O)/C=N/1. The van der Waals surface area contributed by atoms with Crippen LogP contribution in [0, 0.1) is 0 Å². The highest BCUT2D eigenvalue weighted by molar-refractivity contribution is 6.29. The number of fused-ring (bicyclic) bond motifs is 2. The Kier molecular flexibility index (Phi) is 4.36. The Labute approximate surface area is 153 Å². The molecule has 0 aliphatic carbocycles. The standard InChI is InChI=1S/C19H13N5O3/c25-17-9-21-18(26)10-27-13-5-6-16-14(7-13)19(23-11-22-16)24-15-4-2-1-3-12(15)8-20-17/h1-9,11H,10H2,(H,20,25)/b12-8-,21-9+,24-15+. The van der Waals surface area contributed by atoms with Crippen LogP contribution in [0.3, 0.4) is 0 Å². The number of rotatable bonds is 0. The molecule has 8 heteroatoms. The van der Waals surface area contributed by atoms with Crippen LogP contribution in [0.2, 0.25) is 0 Å². The van der Waals surface area contributed by atoms with Crippen molar-refractivity contribution in [3.05, 3.63) is 59.4 Å². The Hall–Kier alpha value is -3.94. The zero-order valence-corrected chi connectivity index (χ0v) is 14.0. The van der Waals surface area contributed by atoms with E-state index < -0.39 is 11.8 Å². The van der Waals surface area contributed by atoms with Crippen molar-refractivity contribution >= 4 is 40.9 Å². The van der Waals surface area contributed by atoms with Crippen molar-refractivity contribution in [1.82, 2.24) is 15.3 Å². The van der Waals surface area contributed by atoms with Gasteiger partial charge in [-0.05, 0) is 24.3 Å². The lowest BCUT2D eigenvalue weighted by Gasteiger charge is -2.06. The summed E-state index contributed by atoms with van der Waals surface area (Å²) < 4.78 is 5.46. The van der Waals surface area contributed by atoms with Crippen LogP contribution in [-0.2, 0) is 9.59 Å². The number of para-hydroxylation sites is 1. The molecular weight excluding hydrogens is 346 g/mol. The number of hydrogen-bond acceptors (Lipinski definition) is 6. The van der Waals surface area contributed by atoms with Crippen LogP contribution in [0.1, 0.15) is 0 Å². The molecule has 3 aromatic rings. The topological polar surface area (TPSA) is 106 Å². The molecular formula is C19H13N5O3. The van der Waals surface area contributed by atoms with Crippen molar-refractivity contribution < 1.29 is 14.3 Å². The zero-order chi connectivity index (χ0) is 18.6. The molecule has 0 unspecified atom stereocenters. The predicted octanol–water partition coefficient (Wildman–Crippen LogP) is 0.425. The molecule has 2 amide bonds. The van der Waals surface area contributed by atoms with E-state index in [1.54, 1.807) is 24.3 Å². The van der Waals surface area contributed by atoms with Gasteiger partial charge in [-0.3, -0.25) is 9.59 Å². The number of nitrogens with zero attached hydrogens (tertiary/aromatic N) is 4. The Morgan fingerprint density at radius 3 is 2.85 bits per heavy atom. The van der Waals surface area contributed by atoms with E-state index in [-0.39, 0.29) is 6.61 Å². The van der Waals surface area contributed by atoms with Crippen LogP contribution in [0.5, 0.6) is 5.75 Å². The molecule has 2 bridgehead atoms. The third-order valence-corrected chi connectivity index (χ3v) is 3.81. The average molecular weight is 359 g/mol. The number of carbonyl (C=O) groups is 2. The number of hydrogen-bond donors (Lipinski definition) is 1. The highest BCUT2D eigenvalue weighted by Crippen LogP contribution is 2.25. The van der Waals surface area contributed by atoms with Crippen LogP contribution in [0.4, 0.5) is 5.82 Å². The van der Waals surface area contributed by atoms with Crippen molar-refractivity contribution in [2.45, 2.75) is 0 Å². The lowest BCUT2D eigenvalue weighted by Crippen LogP contribution is -2.29. The lowest BCUT2D eigenvalue weighted by molar-refractivity contribution is -0.120. The first kappa shape index (κ1) is 16.5. The van der Waals surface area contributed by atoms with Crippen molar-refractivity contribution in [2.24, 2.45) is 9.98 Å². The van der Waals surface area contributed by atoms with E-state index in [9.17, 15) is 9.59 Å². The molecule has 0 fully saturated rings. The van der Waals surface area contributed by atoms with Crippen LogP contribution in [-0.4, -0.2) is 34.6 Å². The van der Waals surface area contributed by atoms with E-state index in [4.69, 9.17) is 4.74 Å². The van der Waals surface area contributed by atoms with E-state index in [1.807, 2.05) is 18.2 Å². The minimum Gasteiger partial charge on any atom is -0.484 e. The van der Waals surface area contributed by atoms with Gasteiger partial charge in [-0.1, -0.05) is 18.2 Å². The quantitative estimate of drug-likeness (QED) is 0.626. The van der Waals surface area contributed by atoms with Crippen molar-refractivity contribution in [2.75, 3.05) is 6.61 Å². The van der Waals surface area contributed by atoms with Gasteiger partial charge < -0.3 is 10.1 Å². The van der Waals surface area contributed by atoms with E-state index >= 15 is 0 Å². The van der Waals surface area contributed by atoms with Crippen molar-refractivity contribution in [3.8, 4) is 5.75 Å². The van der Waals surface area contributed by atoms with Crippen LogP contribution in [0.25, 0.3) is 17.1 Å². The van der Waals surface area contributed by atoms with Gasteiger partial charge in [0.15, 0.2) is 12.4 Å². The fourth-order valence-corrected chi connectivity index (χ4v) is 2.53. The van der Waals surface area contributed by atoms with Crippen LogP contribution < -0.4 is 20.6 Å². The number of amides is 2. The van der Waals surface area contributed by atoms with E-state index in [2.05, 4.69) is 25.3 Å². The Morgan fingerprint density at radius 2 is 1.93 bits per heavy atom. The van der Waals surface area contributed by atoms with Gasteiger partial charge in [0, 0.05) is 16.8 Å². The molecule has 2 aromatic carbocycles. The lowest BCUT2D eigenvalue weighted by atomic mass is 10.2. The molecule has 4 rings (SSSR count). The van der Waals surface area contributed by atoms with Gasteiger partial charge in [0.25, 0.3) is 11.8 Å². The van der Waals surface area contributed by atoms with E-state index in [0.717, 1.165) is 6.21 Å². The highest BCUT2D eigenvalue weighted by Gasteiger charge is 2.07. The minimum absolute atomic E-state index is 0.292. The third kappa shape index (κ3) is 3.69. The number of aliphatic imine (C=N–C) groups is 1. The van der Waals surface area contributed by atoms with Gasteiger partial charge in [-0.15, -0.1) is 0 Å². The highest BCUT2D eigenvalue weighted by atomic mass is 16.5. The van der Waals surface area contributed by atoms with Crippen molar-refractivity contribution in [3.63, 3.8) is 0 Å². The molecule has 0 saturated carbocycles. The molecule has 132 valence electrons. The Bertz CT molecular complexity index is 1200. The monoisotopic (exact) mass is 359 g/mol. The molecule has 27 heavy (non-hydrogen) atoms. The summed E-state index contributed by atoms with van der Waals surface area (Å²) in [5.41, 5.74) is 0.694. The van der Waals surface area contributed by atoms with E-state index in [0.29, 0.717) is 33.0 Å². The van der Waals surface area contributed by atoms with Gasteiger partial charge in [0.1, 0.15) is 12.1 Å². The van der Waals surface area contributed by atoms with Gasteiger partial charge in [0.2, 0.25) is 0 Å². The maximum atomic E-state index is 11.8. The van der Waals surface area contributed by atoms with E-state index in [1.165, 1.54) is 12.5 Å². The van der Waals surface area contributed by atoms with Gasteiger partial charge in [-0.25, -0.2) is 20.0 Å². The predicted molar refractivity (Wildman–Crippen MR) is 98.0 cm³/mol. The minimum atomic E-state index is -0.574. The third-order valence-electron chi connectivity index (χ3n) is 3.81. The summed E-state index contributed by atoms with van der Waals surface area (Å²) in [7, 11) is 0. The maximum absolute atomic E-state index is 11.8. The molecule has 0 saturated heterocycles. The Morgan fingerprint density at radius 1 is 1.04 bits per heavy atom. The summed E-state index contributed by atoms with van der Waals surface area (Å²) in [5.74, 6) is -0.195. The summed E-state index contributed by atoms with van der Waals surface area (Å²) in [6, 6.07) is 12.5. The molecule has 0 atom stereocenters. The van der Waals surface area contributed by atoms with Gasteiger partial charge in [-0.2, -0.15) is 0 Å². The van der Waals surface area contributed by atoms with Gasteiger partial charge >= 0.3 is 0 Å². The first-order chi connectivity index (χ1) is 13.2. The summed E-state index contributed by atoms with van der Waals surface area (Å²) in [4.78, 5) is 40.3. The number of carbonyl (C=O) groups excluding carboxylic acids is 2. The average Bonchev–Trinajstić information content (AvgIpc) is 2.70. The molecule has 1 aromatic heterocycles. The summed E-state index contributed by atoms with van der Waals surface area (Å²) in [6.07, 6.45) is 3.86. The number of nitrogens with one attached hydrogen (secondary N) is 1. The number of ether oxygens (including phenoxy) is 1. The number of aromatic nitrogens is 2. The fourth-order valence-electron chi connectivity index (χ4n) is 2.53. The summed E-state index contributed by atoms with van der Waals surface area (Å²) in [6.45, 7) is -0.292. The normalized spacial score (nSPS) is 17.9. The van der Waals surface area contributed by atoms with Crippen molar-refractivity contribution in [1.29, 1.82) is 0 Å². The molecule has 0 radical (unpaired) electrons. The van der Waals surface area contributed by atoms with Gasteiger partial charge in [0.05, 0.1) is 17.1 Å². The molecule has 8 nitrogen and oxygen atoms in total. The summed E-state index contributed by atoms with van der Waals surface area (Å²) in [5, 5.41) is 4.54. The zero-order valence-electron chi connectivity index (χ0n) is 14.0. The largest absolute Gasteiger partial charge is 0.484 e. The summed E-state index contributed by atoms with van der Waals surface area (Å²) >= 11 is 0. The first-order valence-electron chi connectivity index (χ1n) is 8.08. The van der Waals surface area contributed by atoms with Crippen LogP contribution in [0.15, 0.2) is 58.8 Å². The second-order valence-electron chi connectivity index (χ2n) is 5.64. The molecule has 1 N–H and O–H groups in total. The molecule has 1 aliphatic rings. The molecule has 1 aliphatic heterocycles. The maximum Gasteiger partial charge on any atom is 0.283 e. The Balaban J connectivity index is 1.96. The number of benzene rings is 2. The second kappa shape index (κ2) is 7.12. The van der Waals surface area contributed by atoms with Crippen LogP contribution >= 0.6 is 0 Å².